The quantitative estimate of drug-likeness (QED) is 0.738. The highest BCUT2D eigenvalue weighted by atomic mass is 16.4. The van der Waals surface area contributed by atoms with Crippen LogP contribution in [0.15, 0.2) is 0 Å². The molecule has 3 heteroatoms. The summed E-state index contributed by atoms with van der Waals surface area (Å²) < 4.78 is 0. The summed E-state index contributed by atoms with van der Waals surface area (Å²) in [6.45, 7) is 16.6. The van der Waals surface area contributed by atoms with Crippen molar-refractivity contribution >= 4 is 5.97 Å². The second-order valence-electron chi connectivity index (χ2n) is 8.01. The SMILES string of the molecule is CCC(C)(C)C(C)C(N)C(C)(C)CC(C)(C)C(=O)O. The standard InChI is InChI=1S/C16H33NO2/c1-9-14(3,4)11(2)12(17)15(5,6)10-16(7,8)13(18)19/h11-12H,9-10,17H2,1-8H3,(H,18,19). The predicted molar refractivity (Wildman–Crippen MR) is 81.0 cm³/mol. The van der Waals surface area contributed by atoms with Crippen LogP contribution < -0.4 is 5.73 Å². The van der Waals surface area contributed by atoms with Crippen molar-refractivity contribution in [3.05, 3.63) is 0 Å². The summed E-state index contributed by atoms with van der Waals surface area (Å²) in [6, 6.07) is -0.0129. The Hall–Kier alpha value is -0.570. The van der Waals surface area contributed by atoms with Crippen LogP contribution in [0.1, 0.15) is 68.2 Å². The second-order valence-corrected chi connectivity index (χ2v) is 8.01. The highest BCUT2D eigenvalue weighted by Crippen LogP contribution is 2.42. The lowest BCUT2D eigenvalue weighted by Crippen LogP contribution is -2.49. The normalized spacial score (nSPS) is 17.1. The zero-order valence-corrected chi connectivity index (χ0v) is 14.0. The molecule has 0 aliphatic carbocycles. The van der Waals surface area contributed by atoms with Crippen LogP contribution in [0, 0.1) is 22.2 Å². The fraction of sp³-hybridized carbons (Fsp3) is 0.938. The number of carbonyl (C=O) groups is 1. The Kier molecular flexibility index (Phi) is 5.65. The van der Waals surface area contributed by atoms with E-state index in [1.807, 2.05) is 0 Å². The maximum absolute atomic E-state index is 11.3. The molecule has 0 aromatic heterocycles. The topological polar surface area (TPSA) is 63.3 Å². The van der Waals surface area contributed by atoms with Crippen molar-refractivity contribution in [2.45, 2.75) is 74.3 Å². The molecule has 0 aliphatic rings. The number of hydrogen-bond acceptors (Lipinski definition) is 2. The molecule has 0 spiro atoms. The molecule has 0 heterocycles. The fourth-order valence-electron chi connectivity index (χ4n) is 2.82. The number of aliphatic carboxylic acids is 1. The van der Waals surface area contributed by atoms with Crippen LogP contribution in [0.25, 0.3) is 0 Å². The molecule has 0 radical (unpaired) electrons. The summed E-state index contributed by atoms with van der Waals surface area (Å²) in [5.41, 5.74) is 5.70. The van der Waals surface area contributed by atoms with Crippen molar-refractivity contribution in [2.75, 3.05) is 0 Å². The van der Waals surface area contributed by atoms with Gasteiger partial charge in [-0.3, -0.25) is 4.79 Å². The van der Waals surface area contributed by atoms with Gasteiger partial charge in [-0.25, -0.2) is 0 Å². The molecule has 0 bridgehead atoms. The first-order valence-corrected chi connectivity index (χ1v) is 7.27. The molecule has 0 saturated heterocycles. The number of rotatable bonds is 7. The van der Waals surface area contributed by atoms with E-state index in [0.717, 1.165) is 6.42 Å². The summed E-state index contributed by atoms with van der Waals surface area (Å²) in [4.78, 5) is 11.3. The van der Waals surface area contributed by atoms with E-state index in [0.29, 0.717) is 12.3 Å². The van der Waals surface area contributed by atoms with Crippen molar-refractivity contribution in [3.8, 4) is 0 Å². The molecule has 114 valence electrons. The first-order chi connectivity index (χ1) is 8.28. The molecule has 0 saturated carbocycles. The summed E-state index contributed by atoms with van der Waals surface area (Å²) in [5.74, 6) is -0.410. The van der Waals surface area contributed by atoms with Crippen LogP contribution in [0.5, 0.6) is 0 Å². The molecule has 3 N–H and O–H groups in total. The minimum atomic E-state index is -0.754. The lowest BCUT2D eigenvalue weighted by molar-refractivity contribution is -0.149. The largest absolute Gasteiger partial charge is 0.481 e. The molecule has 0 aliphatic heterocycles. The highest BCUT2D eigenvalue weighted by Gasteiger charge is 2.42. The van der Waals surface area contributed by atoms with Gasteiger partial charge >= 0.3 is 5.97 Å². The molecule has 3 nitrogen and oxygen atoms in total. The third kappa shape index (κ3) is 4.48. The molecule has 0 rings (SSSR count). The molecule has 0 aromatic rings. The molecular weight excluding hydrogens is 238 g/mol. The first-order valence-electron chi connectivity index (χ1n) is 7.27. The zero-order chi connectivity index (χ0) is 15.6. The molecule has 0 fully saturated rings. The number of hydrogen-bond donors (Lipinski definition) is 2. The van der Waals surface area contributed by atoms with Gasteiger partial charge in [0.2, 0.25) is 0 Å². The van der Waals surface area contributed by atoms with E-state index in [4.69, 9.17) is 5.73 Å². The van der Waals surface area contributed by atoms with Gasteiger partial charge in [0.05, 0.1) is 5.41 Å². The predicted octanol–water partition coefficient (Wildman–Crippen LogP) is 3.91. The number of carboxylic acid groups (broad SMARTS) is 1. The van der Waals surface area contributed by atoms with Crippen molar-refractivity contribution in [3.63, 3.8) is 0 Å². The Morgan fingerprint density at radius 1 is 1.11 bits per heavy atom. The van der Waals surface area contributed by atoms with E-state index < -0.39 is 11.4 Å². The average molecular weight is 271 g/mol. The summed E-state index contributed by atoms with van der Waals surface area (Å²) in [7, 11) is 0. The Morgan fingerprint density at radius 3 is 1.84 bits per heavy atom. The lowest BCUT2D eigenvalue weighted by Gasteiger charge is -2.44. The second kappa shape index (κ2) is 5.82. The zero-order valence-electron chi connectivity index (χ0n) is 14.0. The molecule has 0 aromatic carbocycles. The van der Waals surface area contributed by atoms with Gasteiger partial charge in [0, 0.05) is 6.04 Å². The molecule has 2 atom stereocenters. The van der Waals surface area contributed by atoms with Crippen LogP contribution in [-0.4, -0.2) is 17.1 Å². The van der Waals surface area contributed by atoms with Gasteiger partial charge in [-0.05, 0) is 37.0 Å². The van der Waals surface area contributed by atoms with Crippen LogP contribution in [0.3, 0.4) is 0 Å². The molecular formula is C16H33NO2. The Labute approximate surface area is 119 Å². The number of nitrogens with two attached hydrogens (primary N) is 1. The van der Waals surface area contributed by atoms with Crippen LogP contribution >= 0.6 is 0 Å². The lowest BCUT2D eigenvalue weighted by atomic mass is 9.63. The Morgan fingerprint density at radius 2 is 1.53 bits per heavy atom. The van der Waals surface area contributed by atoms with E-state index in [2.05, 4.69) is 41.5 Å². The minimum absolute atomic E-state index is 0.0129. The van der Waals surface area contributed by atoms with E-state index >= 15 is 0 Å². The van der Waals surface area contributed by atoms with Crippen molar-refractivity contribution < 1.29 is 9.90 Å². The number of carboxylic acids is 1. The van der Waals surface area contributed by atoms with Crippen LogP contribution in [-0.2, 0) is 4.79 Å². The molecule has 0 amide bonds. The van der Waals surface area contributed by atoms with Gasteiger partial charge in [0.1, 0.15) is 0 Å². The van der Waals surface area contributed by atoms with Crippen molar-refractivity contribution in [1.82, 2.24) is 0 Å². The molecule has 19 heavy (non-hydrogen) atoms. The maximum atomic E-state index is 11.3. The summed E-state index contributed by atoms with van der Waals surface area (Å²) >= 11 is 0. The van der Waals surface area contributed by atoms with E-state index in [9.17, 15) is 9.90 Å². The van der Waals surface area contributed by atoms with Gasteiger partial charge in [0.15, 0.2) is 0 Å². The van der Waals surface area contributed by atoms with Crippen LogP contribution in [0.4, 0.5) is 0 Å². The summed E-state index contributed by atoms with van der Waals surface area (Å²) in [5, 5.41) is 9.29. The maximum Gasteiger partial charge on any atom is 0.309 e. The van der Waals surface area contributed by atoms with Gasteiger partial charge < -0.3 is 10.8 Å². The third-order valence-corrected chi connectivity index (χ3v) is 5.06. The van der Waals surface area contributed by atoms with Gasteiger partial charge in [0.25, 0.3) is 0 Å². The van der Waals surface area contributed by atoms with Crippen LogP contribution in [0.2, 0.25) is 0 Å². The summed E-state index contributed by atoms with van der Waals surface area (Å²) in [6.07, 6.45) is 1.65. The fourth-order valence-corrected chi connectivity index (χ4v) is 2.82. The van der Waals surface area contributed by atoms with E-state index in [1.165, 1.54) is 0 Å². The Bertz CT molecular complexity index is 319. The molecule has 2 unspecified atom stereocenters. The first kappa shape index (κ1) is 18.4. The third-order valence-electron chi connectivity index (χ3n) is 5.06. The minimum Gasteiger partial charge on any atom is -0.481 e. The van der Waals surface area contributed by atoms with E-state index in [1.54, 1.807) is 13.8 Å². The van der Waals surface area contributed by atoms with Crippen molar-refractivity contribution in [1.29, 1.82) is 0 Å². The van der Waals surface area contributed by atoms with Gasteiger partial charge in [-0.15, -0.1) is 0 Å². The highest BCUT2D eigenvalue weighted by molar-refractivity contribution is 5.73. The average Bonchev–Trinajstić information content (AvgIpc) is 2.25. The van der Waals surface area contributed by atoms with Gasteiger partial charge in [-0.2, -0.15) is 0 Å². The van der Waals surface area contributed by atoms with Crippen molar-refractivity contribution in [2.24, 2.45) is 27.9 Å². The van der Waals surface area contributed by atoms with Gasteiger partial charge in [-0.1, -0.05) is 48.0 Å². The monoisotopic (exact) mass is 271 g/mol. The van der Waals surface area contributed by atoms with E-state index in [-0.39, 0.29) is 16.9 Å². The smallest absolute Gasteiger partial charge is 0.309 e. The Balaban J connectivity index is 5.06.